The fourth-order valence-electron chi connectivity index (χ4n) is 4.21. The summed E-state index contributed by atoms with van der Waals surface area (Å²) in [5, 5.41) is 23.9. The van der Waals surface area contributed by atoms with E-state index in [0.717, 1.165) is 4.90 Å². The average molecular weight is 476 g/mol. The molecule has 10 nitrogen and oxygen atoms in total. The van der Waals surface area contributed by atoms with Crippen molar-refractivity contribution >= 4 is 35.4 Å². The van der Waals surface area contributed by atoms with Crippen molar-refractivity contribution in [2.75, 3.05) is 17.8 Å². The number of anilines is 1. The molecule has 2 fully saturated rings. The van der Waals surface area contributed by atoms with E-state index >= 15 is 0 Å². The van der Waals surface area contributed by atoms with Gasteiger partial charge in [-0.1, -0.05) is 0 Å². The van der Waals surface area contributed by atoms with Crippen LogP contribution in [0.2, 0.25) is 0 Å². The molecule has 3 aliphatic heterocycles. The fourth-order valence-corrected chi connectivity index (χ4v) is 5.15. The number of benzene rings is 1. The molecule has 1 aromatic carbocycles. The Kier molecular flexibility index (Phi) is 6.68. The van der Waals surface area contributed by atoms with Crippen LogP contribution in [-0.2, 0) is 14.3 Å². The van der Waals surface area contributed by atoms with Crippen LogP contribution >= 0.6 is 11.8 Å². The number of carboxylic acids is 1. The van der Waals surface area contributed by atoms with Gasteiger partial charge < -0.3 is 25.1 Å². The molecule has 33 heavy (non-hydrogen) atoms. The van der Waals surface area contributed by atoms with Gasteiger partial charge in [0, 0.05) is 28.7 Å². The second kappa shape index (κ2) is 9.35. The van der Waals surface area contributed by atoms with E-state index in [1.54, 1.807) is 24.5 Å². The van der Waals surface area contributed by atoms with Gasteiger partial charge in [-0.05, 0) is 42.0 Å². The Hall–Kier alpha value is -2.57. The van der Waals surface area contributed by atoms with Crippen molar-refractivity contribution in [1.82, 2.24) is 14.8 Å². The monoisotopic (exact) mass is 476 g/mol. The molecule has 2 aromatic rings. The summed E-state index contributed by atoms with van der Waals surface area (Å²) in [5.74, 6) is -1.57. The van der Waals surface area contributed by atoms with Gasteiger partial charge in [-0.3, -0.25) is 19.6 Å². The minimum absolute atomic E-state index is 0. The van der Waals surface area contributed by atoms with Gasteiger partial charge in [0.05, 0.1) is 17.7 Å². The van der Waals surface area contributed by atoms with Crippen LogP contribution in [0.15, 0.2) is 65.0 Å². The summed E-state index contributed by atoms with van der Waals surface area (Å²) >= 11 is 1.41. The largest absolute Gasteiger partial charge is 1.00 e. The quantitative estimate of drug-likeness (QED) is 0.207. The van der Waals surface area contributed by atoms with Gasteiger partial charge in [0.25, 0.3) is 5.91 Å². The number of pyridine rings is 1. The van der Waals surface area contributed by atoms with Crippen LogP contribution < -0.4 is 40.0 Å². The van der Waals surface area contributed by atoms with E-state index in [4.69, 9.17) is 4.74 Å². The minimum Gasteiger partial charge on any atom is -0.543 e. The number of aromatic hydroxyl groups is 1. The maximum atomic E-state index is 12.9. The predicted octanol–water partition coefficient (Wildman–Crippen LogP) is -2.63. The number of hydrogen-bond acceptors (Lipinski definition) is 8. The molecule has 0 radical (unpaired) electrons. The molecule has 5 rings (SSSR count). The number of nitrogens with zero attached hydrogens (tertiary/aromatic N) is 3. The molecule has 2 saturated heterocycles. The zero-order valence-corrected chi connectivity index (χ0v) is 20.3. The van der Waals surface area contributed by atoms with E-state index < -0.39 is 36.1 Å². The van der Waals surface area contributed by atoms with Gasteiger partial charge in [0.1, 0.15) is 24.6 Å². The van der Waals surface area contributed by atoms with Crippen LogP contribution in [0.4, 0.5) is 10.5 Å². The number of ether oxygens (including phenoxy) is 1. The number of phenols is 1. The molecule has 164 valence electrons. The summed E-state index contributed by atoms with van der Waals surface area (Å²) in [6, 6.07) is 7.51. The maximum absolute atomic E-state index is 12.9. The zero-order chi connectivity index (χ0) is 22.4. The predicted molar refractivity (Wildman–Crippen MR) is 110 cm³/mol. The van der Waals surface area contributed by atoms with E-state index in [1.165, 1.54) is 45.8 Å². The third-order valence-corrected chi connectivity index (χ3v) is 6.72. The van der Waals surface area contributed by atoms with Crippen molar-refractivity contribution in [3.63, 3.8) is 0 Å². The van der Waals surface area contributed by atoms with Crippen LogP contribution in [0, 0.1) is 0 Å². The molecule has 2 N–H and O–H groups in total. The van der Waals surface area contributed by atoms with Gasteiger partial charge in [0.2, 0.25) is 0 Å². The molecule has 3 amide bonds. The molecule has 0 saturated carbocycles. The van der Waals surface area contributed by atoms with Gasteiger partial charge in [-0.25, -0.2) is 4.79 Å². The van der Waals surface area contributed by atoms with Crippen molar-refractivity contribution in [2.45, 2.75) is 23.1 Å². The Bertz CT molecular complexity index is 1130. The Balaban J connectivity index is 0.00000259. The first-order valence-corrected chi connectivity index (χ1v) is 10.7. The van der Waals surface area contributed by atoms with Crippen LogP contribution in [0.3, 0.4) is 0 Å². The standard InChI is InChI=1S/C21H18N4O6S.Na/c26-12-3-1-11(2-4-12)23-21(30)24-10-31-18-14(9-32-13-5-7-22-8-6-13)15(20(28)29)25-16(18)17(24)19(25)27;/h1-8,16-18,26H,9-10H2,(H,23,30)(H,28,29);/q;+1/p-1/t16-,17-,18?;/m0./s1. The number of phenolic OH excluding ortho intramolecular Hbond substituents is 1. The van der Waals surface area contributed by atoms with Gasteiger partial charge in [-0.2, -0.15) is 0 Å². The second-order valence-electron chi connectivity index (χ2n) is 7.44. The van der Waals surface area contributed by atoms with Crippen molar-refractivity contribution in [3.8, 4) is 5.75 Å². The number of nitrogens with one attached hydrogen (secondary N) is 1. The number of thioether (sulfide) groups is 1. The Morgan fingerprint density at radius 1 is 1.21 bits per heavy atom. The van der Waals surface area contributed by atoms with Gasteiger partial charge in [-0.15, -0.1) is 11.8 Å². The molecule has 0 spiro atoms. The molecule has 3 aliphatic rings. The number of carboxylic acid groups (broad SMARTS) is 1. The molecular formula is C21H17N4NaO6S. The molecule has 3 atom stereocenters. The fraction of sp³-hybridized carbons (Fsp3) is 0.238. The van der Waals surface area contributed by atoms with E-state index in [-0.39, 0.29) is 47.7 Å². The average Bonchev–Trinajstić information content (AvgIpc) is 3.12. The van der Waals surface area contributed by atoms with Crippen LogP contribution in [0.25, 0.3) is 0 Å². The Labute approximate surface area is 214 Å². The van der Waals surface area contributed by atoms with Gasteiger partial charge in [0.15, 0.2) is 0 Å². The molecule has 0 bridgehead atoms. The summed E-state index contributed by atoms with van der Waals surface area (Å²) in [5.41, 5.74) is 0.725. The van der Waals surface area contributed by atoms with Crippen LogP contribution in [0.1, 0.15) is 0 Å². The smallest absolute Gasteiger partial charge is 0.543 e. The summed E-state index contributed by atoms with van der Waals surface area (Å²) in [6.07, 6.45) is 2.65. The number of urea groups is 1. The van der Waals surface area contributed by atoms with Crippen molar-refractivity contribution in [1.29, 1.82) is 0 Å². The molecule has 4 heterocycles. The second-order valence-corrected chi connectivity index (χ2v) is 8.49. The summed E-state index contributed by atoms with van der Waals surface area (Å²) in [7, 11) is 0. The Morgan fingerprint density at radius 3 is 2.58 bits per heavy atom. The third-order valence-electron chi connectivity index (χ3n) is 5.66. The molecule has 12 heteroatoms. The zero-order valence-electron chi connectivity index (χ0n) is 17.5. The minimum atomic E-state index is -1.44. The van der Waals surface area contributed by atoms with Gasteiger partial charge >= 0.3 is 35.6 Å². The Morgan fingerprint density at radius 2 is 1.91 bits per heavy atom. The first-order valence-electron chi connectivity index (χ1n) is 9.74. The molecule has 0 aliphatic carbocycles. The normalized spacial score (nSPS) is 22.9. The maximum Gasteiger partial charge on any atom is 1.00 e. The number of rotatable bonds is 5. The number of amides is 3. The van der Waals surface area contributed by atoms with Crippen LogP contribution in [0.5, 0.6) is 5.75 Å². The number of hydrogen-bond donors (Lipinski definition) is 2. The van der Waals surface area contributed by atoms with Crippen molar-refractivity contribution < 1.29 is 58.9 Å². The van der Waals surface area contributed by atoms with E-state index in [9.17, 15) is 24.6 Å². The third kappa shape index (κ3) is 4.11. The first-order chi connectivity index (χ1) is 15.5. The SMILES string of the molecule is O=C([O-])C1=C(CSc2ccncc2)C2OCN(C(=O)Nc3ccc(O)cc3)[C@@H]3C(=O)N1[C@H]23.[Na+]. The topological polar surface area (TPSA) is 135 Å². The number of carbonyl (C=O) groups is 3. The summed E-state index contributed by atoms with van der Waals surface area (Å²) < 4.78 is 5.88. The molecule has 1 unspecified atom stereocenters. The molecular weight excluding hydrogens is 459 g/mol. The van der Waals surface area contributed by atoms with Crippen molar-refractivity contribution in [3.05, 3.63) is 60.1 Å². The number of aromatic nitrogens is 1. The van der Waals surface area contributed by atoms with E-state index in [2.05, 4.69) is 10.3 Å². The molecule has 1 aromatic heterocycles. The summed E-state index contributed by atoms with van der Waals surface area (Å²) in [6.45, 7) is -0.168. The van der Waals surface area contributed by atoms with Crippen molar-refractivity contribution in [2.24, 2.45) is 0 Å². The van der Waals surface area contributed by atoms with Crippen LogP contribution in [-0.4, -0.2) is 68.5 Å². The first kappa shape index (κ1) is 23.6. The number of carbonyl (C=O) groups excluding carboxylic acids is 3. The summed E-state index contributed by atoms with van der Waals surface area (Å²) in [4.78, 5) is 44.8. The van der Waals surface area contributed by atoms with E-state index in [0.29, 0.717) is 17.0 Å². The van der Waals surface area contributed by atoms with E-state index in [1.807, 2.05) is 0 Å². The number of aliphatic carboxylic acids is 1. The number of β-lactam (4-membered cyclic amide) rings is 1.